The Morgan fingerprint density at radius 1 is 1.11 bits per heavy atom. The summed E-state index contributed by atoms with van der Waals surface area (Å²) in [5.41, 5.74) is 2.45. The second-order valence-electron chi connectivity index (χ2n) is 6.71. The number of nitrogens with one attached hydrogen (secondary N) is 1. The predicted octanol–water partition coefficient (Wildman–Crippen LogP) is 2.67. The minimum Gasteiger partial charge on any atom is -0.309 e. The first kappa shape index (κ1) is 16.4. The van der Waals surface area contributed by atoms with Gasteiger partial charge in [0.25, 0.3) is 0 Å². The normalized spacial score (nSPS) is 14.1. The van der Waals surface area contributed by atoms with Gasteiger partial charge in [-0.1, -0.05) is 0 Å². The molecule has 1 aliphatic carbocycles. The standard InChI is InChI=1S/C18H16BrN7O/c19-12-3-6-16-22-23-17(25(16)9-12)8-5-13-4-7-15-20-14(10-26(15)24-13)21-18(27)11-1-2-11/h3-4,6-7,9-11H,1-2,5,8H2,(H,21,27). The lowest BCUT2D eigenvalue weighted by Crippen LogP contribution is -2.13. The number of aromatic nitrogens is 6. The fraction of sp³-hybridized carbons (Fsp3) is 0.278. The fourth-order valence-electron chi connectivity index (χ4n) is 3.01. The molecule has 136 valence electrons. The summed E-state index contributed by atoms with van der Waals surface area (Å²) >= 11 is 3.48. The van der Waals surface area contributed by atoms with Gasteiger partial charge in [0, 0.05) is 23.0 Å². The third kappa shape index (κ3) is 3.30. The first-order valence-electron chi connectivity index (χ1n) is 8.81. The molecule has 0 bridgehead atoms. The van der Waals surface area contributed by atoms with E-state index in [2.05, 4.69) is 41.5 Å². The summed E-state index contributed by atoms with van der Waals surface area (Å²) in [4.78, 5) is 16.3. The zero-order valence-corrected chi connectivity index (χ0v) is 15.9. The second-order valence-corrected chi connectivity index (χ2v) is 7.62. The van der Waals surface area contributed by atoms with Crippen molar-refractivity contribution in [1.29, 1.82) is 0 Å². The zero-order valence-electron chi connectivity index (χ0n) is 14.3. The Hall–Kier alpha value is -2.81. The van der Waals surface area contributed by atoms with E-state index in [4.69, 9.17) is 0 Å². The number of hydrogen-bond acceptors (Lipinski definition) is 5. The van der Waals surface area contributed by atoms with E-state index >= 15 is 0 Å². The molecule has 0 unspecified atom stereocenters. The molecule has 0 spiro atoms. The first-order chi connectivity index (χ1) is 13.2. The number of pyridine rings is 1. The molecule has 27 heavy (non-hydrogen) atoms. The van der Waals surface area contributed by atoms with Crippen molar-refractivity contribution in [2.75, 3.05) is 5.32 Å². The highest BCUT2D eigenvalue weighted by Crippen LogP contribution is 2.30. The van der Waals surface area contributed by atoms with Crippen molar-refractivity contribution in [2.45, 2.75) is 25.7 Å². The molecule has 0 aliphatic heterocycles. The number of fused-ring (bicyclic) bond motifs is 2. The molecule has 1 saturated carbocycles. The smallest absolute Gasteiger partial charge is 0.228 e. The Kier molecular flexibility index (Phi) is 3.89. The van der Waals surface area contributed by atoms with Gasteiger partial charge < -0.3 is 5.32 Å². The van der Waals surface area contributed by atoms with Crippen molar-refractivity contribution >= 4 is 38.9 Å². The molecule has 0 aromatic carbocycles. The van der Waals surface area contributed by atoms with Crippen LogP contribution in [-0.4, -0.2) is 35.1 Å². The van der Waals surface area contributed by atoms with E-state index in [-0.39, 0.29) is 11.8 Å². The fourth-order valence-corrected chi connectivity index (χ4v) is 3.35. The highest BCUT2D eigenvalue weighted by Gasteiger charge is 2.30. The molecule has 4 aromatic heterocycles. The number of rotatable bonds is 5. The number of hydrogen-bond donors (Lipinski definition) is 1. The van der Waals surface area contributed by atoms with Crippen LogP contribution in [0.4, 0.5) is 5.82 Å². The molecular weight excluding hydrogens is 410 g/mol. The van der Waals surface area contributed by atoms with Gasteiger partial charge in [-0.3, -0.25) is 9.20 Å². The van der Waals surface area contributed by atoms with Crippen LogP contribution in [0.1, 0.15) is 24.4 Å². The van der Waals surface area contributed by atoms with E-state index in [1.54, 1.807) is 10.7 Å². The van der Waals surface area contributed by atoms with Gasteiger partial charge in [-0.2, -0.15) is 5.10 Å². The number of anilines is 1. The van der Waals surface area contributed by atoms with Gasteiger partial charge in [0.05, 0.1) is 11.9 Å². The van der Waals surface area contributed by atoms with E-state index < -0.39 is 0 Å². The summed E-state index contributed by atoms with van der Waals surface area (Å²) in [6.45, 7) is 0. The average Bonchev–Trinajstić information content (AvgIpc) is 3.33. The topological polar surface area (TPSA) is 89.5 Å². The third-order valence-corrected chi connectivity index (χ3v) is 5.09. The molecule has 8 nitrogen and oxygen atoms in total. The predicted molar refractivity (Wildman–Crippen MR) is 102 cm³/mol. The number of carbonyl (C=O) groups excluding carboxylic acids is 1. The molecule has 4 aromatic rings. The molecular formula is C18H16BrN7O. The monoisotopic (exact) mass is 425 g/mol. The molecule has 0 atom stereocenters. The van der Waals surface area contributed by atoms with Gasteiger partial charge in [0.15, 0.2) is 17.1 Å². The van der Waals surface area contributed by atoms with Crippen molar-refractivity contribution in [3.8, 4) is 0 Å². The summed E-state index contributed by atoms with van der Waals surface area (Å²) in [5, 5.41) is 15.9. The minimum atomic E-state index is 0.0449. The summed E-state index contributed by atoms with van der Waals surface area (Å²) in [5.74, 6) is 1.63. The second kappa shape index (κ2) is 6.41. The van der Waals surface area contributed by atoms with Crippen LogP contribution in [0, 0.1) is 5.92 Å². The van der Waals surface area contributed by atoms with E-state index in [0.29, 0.717) is 11.5 Å². The molecule has 1 aliphatic rings. The van der Waals surface area contributed by atoms with Crippen molar-refractivity contribution in [2.24, 2.45) is 5.92 Å². The number of aryl methyl sites for hydroxylation is 2. The van der Waals surface area contributed by atoms with Crippen molar-refractivity contribution in [3.05, 3.63) is 52.7 Å². The molecule has 1 fully saturated rings. The zero-order chi connectivity index (χ0) is 18.4. The van der Waals surface area contributed by atoms with E-state index in [1.165, 1.54) is 0 Å². The maximum atomic E-state index is 11.9. The van der Waals surface area contributed by atoms with Gasteiger partial charge in [-0.25, -0.2) is 9.50 Å². The van der Waals surface area contributed by atoms with Gasteiger partial charge in [0.1, 0.15) is 5.82 Å². The highest BCUT2D eigenvalue weighted by atomic mass is 79.9. The lowest BCUT2D eigenvalue weighted by atomic mass is 10.2. The van der Waals surface area contributed by atoms with Crippen LogP contribution < -0.4 is 5.32 Å². The summed E-state index contributed by atoms with van der Waals surface area (Å²) in [7, 11) is 0. The SMILES string of the molecule is O=C(Nc1cn2nc(CCc3nnc4ccc(Br)cn34)ccc2n1)C1CC1. The van der Waals surface area contributed by atoms with Gasteiger partial charge in [0.2, 0.25) is 5.91 Å². The first-order valence-corrected chi connectivity index (χ1v) is 9.60. The number of nitrogens with zero attached hydrogens (tertiary/aromatic N) is 6. The van der Waals surface area contributed by atoms with Crippen LogP contribution in [0.2, 0.25) is 0 Å². The largest absolute Gasteiger partial charge is 0.309 e. The van der Waals surface area contributed by atoms with Crippen molar-refractivity contribution in [1.82, 2.24) is 29.2 Å². The van der Waals surface area contributed by atoms with Crippen LogP contribution in [0.5, 0.6) is 0 Å². The molecule has 9 heteroatoms. The van der Waals surface area contributed by atoms with Crippen LogP contribution in [0.15, 0.2) is 41.1 Å². The summed E-state index contributed by atoms with van der Waals surface area (Å²) in [6, 6.07) is 7.73. The van der Waals surface area contributed by atoms with Gasteiger partial charge >= 0.3 is 0 Å². The molecule has 0 saturated heterocycles. The highest BCUT2D eigenvalue weighted by molar-refractivity contribution is 9.10. The number of imidazole rings is 1. The molecule has 5 rings (SSSR count). The quantitative estimate of drug-likeness (QED) is 0.530. The maximum Gasteiger partial charge on any atom is 0.228 e. The van der Waals surface area contributed by atoms with Crippen molar-refractivity contribution in [3.63, 3.8) is 0 Å². The Labute approximate surface area is 162 Å². The molecule has 0 radical (unpaired) electrons. The summed E-state index contributed by atoms with van der Waals surface area (Å²) in [6.07, 6.45) is 7.10. The lowest BCUT2D eigenvalue weighted by Gasteiger charge is -2.02. The Morgan fingerprint density at radius 3 is 2.81 bits per heavy atom. The molecule has 4 heterocycles. The van der Waals surface area contributed by atoms with Crippen LogP contribution >= 0.6 is 15.9 Å². The van der Waals surface area contributed by atoms with Crippen LogP contribution in [-0.2, 0) is 17.6 Å². The molecule has 1 amide bonds. The van der Waals surface area contributed by atoms with Crippen LogP contribution in [0.25, 0.3) is 11.3 Å². The van der Waals surface area contributed by atoms with E-state index in [0.717, 1.165) is 47.3 Å². The lowest BCUT2D eigenvalue weighted by molar-refractivity contribution is -0.117. The average molecular weight is 426 g/mol. The van der Waals surface area contributed by atoms with E-state index in [9.17, 15) is 4.79 Å². The van der Waals surface area contributed by atoms with Gasteiger partial charge in [-0.05, 0) is 59.5 Å². The number of carbonyl (C=O) groups is 1. The van der Waals surface area contributed by atoms with Gasteiger partial charge in [-0.15, -0.1) is 10.2 Å². The van der Waals surface area contributed by atoms with E-state index in [1.807, 2.05) is 34.9 Å². The third-order valence-electron chi connectivity index (χ3n) is 4.62. The Balaban J connectivity index is 1.33. The molecule has 1 N–H and O–H groups in total. The number of halogens is 1. The Morgan fingerprint density at radius 2 is 1.96 bits per heavy atom. The Bertz CT molecular complexity index is 1160. The van der Waals surface area contributed by atoms with Crippen molar-refractivity contribution < 1.29 is 4.79 Å². The van der Waals surface area contributed by atoms with Crippen LogP contribution in [0.3, 0.4) is 0 Å². The minimum absolute atomic E-state index is 0.0449. The summed E-state index contributed by atoms with van der Waals surface area (Å²) < 4.78 is 4.66. The number of amides is 1. The maximum absolute atomic E-state index is 11.9.